The Morgan fingerprint density at radius 2 is 2.21 bits per heavy atom. The largest absolute Gasteiger partial charge is 0.454 e. The van der Waals surface area contributed by atoms with Crippen LogP contribution < -0.4 is 14.8 Å². The van der Waals surface area contributed by atoms with E-state index in [9.17, 15) is 4.79 Å². The highest BCUT2D eigenvalue weighted by Gasteiger charge is 2.35. The number of hydrogen-bond donors (Lipinski definition) is 1. The monoisotopic (exact) mass is 328 g/mol. The number of aromatic nitrogens is 3. The lowest BCUT2D eigenvalue weighted by atomic mass is 10.1. The van der Waals surface area contributed by atoms with E-state index in [2.05, 4.69) is 15.4 Å². The molecule has 1 amide bonds. The number of benzene rings is 1. The maximum absolute atomic E-state index is 12.4. The topological polar surface area (TPSA) is 78.3 Å². The first kappa shape index (κ1) is 15.0. The predicted octanol–water partition coefficient (Wildman–Crippen LogP) is 1.74. The molecule has 7 heteroatoms. The van der Waals surface area contributed by atoms with E-state index in [4.69, 9.17) is 9.47 Å². The summed E-state index contributed by atoms with van der Waals surface area (Å²) >= 11 is 0. The van der Waals surface area contributed by atoms with Gasteiger partial charge in [0.05, 0.1) is 6.04 Å². The first-order chi connectivity index (χ1) is 11.7. The van der Waals surface area contributed by atoms with E-state index in [-0.39, 0.29) is 18.7 Å². The molecule has 1 aromatic carbocycles. The molecule has 1 aromatic heterocycles. The maximum atomic E-state index is 12.4. The Labute approximate surface area is 140 Å². The zero-order valence-corrected chi connectivity index (χ0v) is 13.6. The molecule has 126 valence electrons. The fraction of sp³-hybridized carbons (Fsp3) is 0.471. The van der Waals surface area contributed by atoms with Crippen LogP contribution in [0.1, 0.15) is 36.7 Å². The normalized spacial score (nSPS) is 16.9. The van der Waals surface area contributed by atoms with Crippen LogP contribution in [0.4, 0.5) is 0 Å². The SMILES string of the molecule is Cn1ncnc1[C@H](NC(=O)CCc1ccc2c(c1)OCO2)C1CC1. The number of rotatable bonds is 6. The minimum absolute atomic E-state index is 0.0348. The number of aryl methyl sites for hydroxylation is 2. The van der Waals surface area contributed by atoms with Gasteiger partial charge < -0.3 is 14.8 Å². The molecular weight excluding hydrogens is 308 g/mol. The summed E-state index contributed by atoms with van der Waals surface area (Å²) in [5.41, 5.74) is 1.07. The Hall–Kier alpha value is -2.57. The molecule has 1 fully saturated rings. The molecule has 0 bridgehead atoms. The summed E-state index contributed by atoms with van der Waals surface area (Å²) in [4.78, 5) is 16.7. The molecule has 0 unspecified atom stereocenters. The molecule has 0 radical (unpaired) electrons. The van der Waals surface area contributed by atoms with Crippen molar-refractivity contribution in [3.05, 3.63) is 35.9 Å². The number of amides is 1. The lowest BCUT2D eigenvalue weighted by molar-refractivity contribution is -0.122. The van der Waals surface area contributed by atoms with Gasteiger partial charge in [0.2, 0.25) is 12.7 Å². The maximum Gasteiger partial charge on any atom is 0.231 e. The first-order valence-electron chi connectivity index (χ1n) is 8.22. The van der Waals surface area contributed by atoms with Crippen molar-refractivity contribution >= 4 is 5.91 Å². The van der Waals surface area contributed by atoms with E-state index in [1.54, 1.807) is 4.68 Å². The zero-order valence-electron chi connectivity index (χ0n) is 13.6. The van der Waals surface area contributed by atoms with Crippen molar-refractivity contribution in [3.8, 4) is 11.5 Å². The second-order valence-corrected chi connectivity index (χ2v) is 6.31. The fourth-order valence-corrected chi connectivity index (χ4v) is 3.01. The van der Waals surface area contributed by atoms with Crippen LogP contribution in [0, 0.1) is 5.92 Å². The number of nitrogens with zero attached hydrogens (tertiary/aromatic N) is 3. The smallest absolute Gasteiger partial charge is 0.231 e. The van der Waals surface area contributed by atoms with E-state index in [0.717, 1.165) is 35.7 Å². The summed E-state index contributed by atoms with van der Waals surface area (Å²) in [5.74, 6) is 2.85. The number of ether oxygens (including phenoxy) is 2. The molecule has 1 N–H and O–H groups in total. The lowest BCUT2D eigenvalue weighted by Crippen LogP contribution is -2.32. The van der Waals surface area contributed by atoms with E-state index >= 15 is 0 Å². The summed E-state index contributed by atoms with van der Waals surface area (Å²) in [6, 6.07) is 5.77. The summed E-state index contributed by atoms with van der Waals surface area (Å²) < 4.78 is 12.4. The highest BCUT2D eigenvalue weighted by atomic mass is 16.7. The van der Waals surface area contributed by atoms with Gasteiger partial charge in [-0.05, 0) is 42.9 Å². The van der Waals surface area contributed by atoms with E-state index in [0.29, 0.717) is 18.8 Å². The van der Waals surface area contributed by atoms with Crippen molar-refractivity contribution in [1.82, 2.24) is 20.1 Å². The van der Waals surface area contributed by atoms with Crippen LogP contribution in [0.15, 0.2) is 24.5 Å². The Morgan fingerprint density at radius 3 is 2.96 bits per heavy atom. The molecule has 0 spiro atoms. The molecule has 1 saturated carbocycles. The van der Waals surface area contributed by atoms with Gasteiger partial charge in [-0.2, -0.15) is 5.10 Å². The summed E-state index contributed by atoms with van der Waals surface area (Å²) in [7, 11) is 1.86. The molecular formula is C17H20N4O3. The Kier molecular flexibility index (Phi) is 3.84. The zero-order chi connectivity index (χ0) is 16.5. The molecule has 4 rings (SSSR count). The van der Waals surface area contributed by atoms with Crippen LogP contribution in [0.5, 0.6) is 11.5 Å². The van der Waals surface area contributed by atoms with Gasteiger partial charge in [0, 0.05) is 13.5 Å². The van der Waals surface area contributed by atoms with Crippen molar-refractivity contribution in [2.24, 2.45) is 13.0 Å². The van der Waals surface area contributed by atoms with Gasteiger partial charge >= 0.3 is 0 Å². The number of carbonyl (C=O) groups excluding carboxylic acids is 1. The molecule has 0 saturated heterocycles. The quantitative estimate of drug-likeness (QED) is 0.874. The van der Waals surface area contributed by atoms with Crippen LogP contribution in [0.3, 0.4) is 0 Å². The highest BCUT2D eigenvalue weighted by Crippen LogP contribution is 2.40. The first-order valence-corrected chi connectivity index (χ1v) is 8.22. The minimum Gasteiger partial charge on any atom is -0.454 e. The van der Waals surface area contributed by atoms with Crippen LogP contribution >= 0.6 is 0 Å². The van der Waals surface area contributed by atoms with E-state index < -0.39 is 0 Å². The molecule has 2 heterocycles. The van der Waals surface area contributed by atoms with Gasteiger partial charge in [-0.3, -0.25) is 9.48 Å². The van der Waals surface area contributed by atoms with Crippen LogP contribution in [0.25, 0.3) is 0 Å². The number of carbonyl (C=O) groups is 1. The number of fused-ring (bicyclic) bond motifs is 1. The summed E-state index contributed by atoms with van der Waals surface area (Å²) in [5, 5.41) is 7.24. The van der Waals surface area contributed by atoms with Crippen molar-refractivity contribution in [2.75, 3.05) is 6.79 Å². The van der Waals surface area contributed by atoms with Gasteiger partial charge in [0.1, 0.15) is 12.2 Å². The highest BCUT2D eigenvalue weighted by molar-refractivity contribution is 5.76. The number of hydrogen-bond acceptors (Lipinski definition) is 5. The van der Waals surface area contributed by atoms with E-state index in [1.165, 1.54) is 6.33 Å². The molecule has 1 atom stereocenters. The average molecular weight is 328 g/mol. The van der Waals surface area contributed by atoms with Gasteiger partial charge in [-0.25, -0.2) is 4.98 Å². The number of nitrogens with one attached hydrogen (secondary N) is 1. The second kappa shape index (κ2) is 6.14. The minimum atomic E-state index is -0.0400. The third kappa shape index (κ3) is 3.06. The molecule has 1 aliphatic heterocycles. The molecule has 24 heavy (non-hydrogen) atoms. The third-order valence-electron chi connectivity index (χ3n) is 4.51. The molecule has 2 aliphatic rings. The van der Waals surface area contributed by atoms with Crippen molar-refractivity contribution < 1.29 is 14.3 Å². The summed E-state index contributed by atoms with van der Waals surface area (Å²) in [6.07, 6.45) is 4.88. The second-order valence-electron chi connectivity index (χ2n) is 6.31. The summed E-state index contributed by atoms with van der Waals surface area (Å²) in [6.45, 7) is 0.264. The standard InChI is InChI=1S/C17H20N4O3/c1-21-17(18-9-19-21)16(12-4-5-12)20-15(22)7-3-11-2-6-13-14(8-11)24-10-23-13/h2,6,8-9,12,16H,3-5,7,10H2,1H3,(H,20,22)/t16-/m1/s1. The third-order valence-corrected chi connectivity index (χ3v) is 4.51. The van der Waals surface area contributed by atoms with Crippen molar-refractivity contribution in [2.45, 2.75) is 31.7 Å². The van der Waals surface area contributed by atoms with Crippen LogP contribution in [-0.2, 0) is 18.3 Å². The lowest BCUT2D eigenvalue weighted by Gasteiger charge is -2.17. The van der Waals surface area contributed by atoms with Gasteiger partial charge in [0.25, 0.3) is 0 Å². The van der Waals surface area contributed by atoms with Gasteiger partial charge in [0.15, 0.2) is 11.5 Å². The fourth-order valence-electron chi connectivity index (χ4n) is 3.01. The average Bonchev–Trinajstić information content (AvgIpc) is 3.16. The van der Waals surface area contributed by atoms with Crippen molar-refractivity contribution in [1.29, 1.82) is 0 Å². The Bertz CT molecular complexity index is 754. The van der Waals surface area contributed by atoms with Gasteiger partial charge in [-0.15, -0.1) is 0 Å². The van der Waals surface area contributed by atoms with Crippen molar-refractivity contribution in [3.63, 3.8) is 0 Å². The van der Waals surface area contributed by atoms with E-state index in [1.807, 2.05) is 25.2 Å². The van der Waals surface area contributed by atoms with Crippen LogP contribution in [0.2, 0.25) is 0 Å². The molecule has 7 nitrogen and oxygen atoms in total. The Morgan fingerprint density at radius 1 is 1.38 bits per heavy atom. The molecule has 1 aliphatic carbocycles. The molecule has 2 aromatic rings. The Balaban J connectivity index is 1.36. The van der Waals surface area contributed by atoms with Gasteiger partial charge in [-0.1, -0.05) is 6.07 Å². The predicted molar refractivity (Wildman–Crippen MR) is 85.5 cm³/mol. The van der Waals surface area contributed by atoms with Crippen LogP contribution in [-0.4, -0.2) is 27.5 Å².